The fourth-order valence-corrected chi connectivity index (χ4v) is 4.45. The smallest absolute Gasteiger partial charge is 0.333 e. The quantitative estimate of drug-likeness (QED) is 0.158. The van der Waals surface area contributed by atoms with Gasteiger partial charge in [0, 0.05) is 24.4 Å². The van der Waals surface area contributed by atoms with Gasteiger partial charge in [-0.25, -0.2) is 9.59 Å². The molecule has 0 N–H and O–H groups in total. The molecule has 2 aromatic carbocycles. The number of hydrogen-bond donors (Lipinski definition) is 0. The number of benzene rings is 2. The summed E-state index contributed by atoms with van der Waals surface area (Å²) >= 11 is 0. The second-order valence-electron chi connectivity index (χ2n) is 10.8. The van der Waals surface area contributed by atoms with Crippen LogP contribution in [0.3, 0.4) is 0 Å². The Balaban J connectivity index is 1.36. The average molecular weight is 581 g/mol. The van der Waals surface area contributed by atoms with E-state index in [0.29, 0.717) is 47.7 Å². The van der Waals surface area contributed by atoms with Crippen LogP contribution in [-0.4, -0.2) is 63.8 Å². The van der Waals surface area contributed by atoms with Crippen molar-refractivity contribution in [3.8, 4) is 11.5 Å². The first-order valence-electron chi connectivity index (χ1n) is 14.5. The summed E-state index contributed by atoms with van der Waals surface area (Å²) < 4.78 is 34.6. The maximum absolute atomic E-state index is 12.1. The van der Waals surface area contributed by atoms with E-state index in [1.54, 1.807) is 13.8 Å². The minimum absolute atomic E-state index is 0.201. The van der Waals surface area contributed by atoms with Crippen LogP contribution in [0.25, 0.3) is 0 Å². The third kappa shape index (κ3) is 12.5. The van der Waals surface area contributed by atoms with Crippen LogP contribution in [0.4, 0.5) is 0 Å². The summed E-state index contributed by atoms with van der Waals surface area (Å²) in [5.74, 6) is 1.36. The Kier molecular flexibility index (Phi) is 14.1. The molecular formula is C34H44O8. The van der Waals surface area contributed by atoms with Crippen molar-refractivity contribution in [2.24, 2.45) is 11.8 Å². The Morgan fingerprint density at radius 3 is 1.33 bits per heavy atom. The third-order valence-corrected chi connectivity index (χ3v) is 6.88. The Labute approximate surface area is 249 Å². The zero-order valence-electron chi connectivity index (χ0n) is 24.8. The summed E-state index contributed by atoms with van der Waals surface area (Å²) in [5, 5.41) is 0. The van der Waals surface area contributed by atoms with Crippen LogP contribution in [0.2, 0.25) is 0 Å². The van der Waals surface area contributed by atoms with Crippen LogP contribution in [0.15, 0.2) is 85.0 Å². The molecule has 1 aliphatic rings. The van der Waals surface area contributed by atoms with Crippen molar-refractivity contribution in [1.82, 2.24) is 0 Å². The topological polar surface area (TPSA) is 89.5 Å². The monoisotopic (exact) mass is 580 g/mol. The van der Waals surface area contributed by atoms with E-state index < -0.39 is 24.1 Å². The molecule has 228 valence electrons. The molecule has 0 saturated heterocycles. The minimum atomic E-state index is -0.531. The number of esters is 2. The van der Waals surface area contributed by atoms with Gasteiger partial charge in [0.1, 0.15) is 24.7 Å². The molecule has 0 heterocycles. The summed E-state index contributed by atoms with van der Waals surface area (Å²) in [6.45, 7) is 12.7. The first kappa shape index (κ1) is 32.9. The highest BCUT2D eigenvalue weighted by atomic mass is 16.6. The first-order valence-corrected chi connectivity index (χ1v) is 14.5. The number of carbonyl (C=O) groups excluding carboxylic acids is 2. The molecule has 2 unspecified atom stereocenters. The fraction of sp³-hybridized carbons (Fsp3) is 0.471. The van der Waals surface area contributed by atoms with Gasteiger partial charge in [-0.05, 0) is 75.6 Å². The molecule has 0 bridgehead atoms. The zero-order chi connectivity index (χ0) is 30.2. The second kappa shape index (κ2) is 18.0. The molecule has 8 heteroatoms. The fourth-order valence-electron chi connectivity index (χ4n) is 4.45. The van der Waals surface area contributed by atoms with Crippen molar-refractivity contribution in [3.63, 3.8) is 0 Å². The van der Waals surface area contributed by atoms with Gasteiger partial charge in [-0.1, -0.05) is 49.6 Å². The van der Waals surface area contributed by atoms with E-state index in [1.165, 1.54) is 0 Å². The predicted octanol–water partition coefficient (Wildman–Crippen LogP) is 5.96. The predicted molar refractivity (Wildman–Crippen MR) is 160 cm³/mol. The van der Waals surface area contributed by atoms with Crippen molar-refractivity contribution in [2.45, 2.75) is 51.7 Å². The van der Waals surface area contributed by atoms with E-state index in [4.69, 9.17) is 28.4 Å². The van der Waals surface area contributed by atoms with Crippen LogP contribution in [-0.2, 0) is 28.5 Å². The molecule has 42 heavy (non-hydrogen) atoms. The second-order valence-corrected chi connectivity index (χ2v) is 10.8. The highest BCUT2D eigenvalue weighted by Crippen LogP contribution is 2.29. The highest BCUT2D eigenvalue weighted by Gasteiger charge is 2.24. The number of carbonyl (C=O) groups is 2. The van der Waals surface area contributed by atoms with Crippen LogP contribution >= 0.6 is 0 Å². The van der Waals surface area contributed by atoms with E-state index in [0.717, 1.165) is 25.7 Å². The van der Waals surface area contributed by atoms with Crippen LogP contribution in [0.1, 0.15) is 39.5 Å². The summed E-state index contributed by atoms with van der Waals surface area (Å²) in [7, 11) is 0. The van der Waals surface area contributed by atoms with Gasteiger partial charge < -0.3 is 28.4 Å². The highest BCUT2D eigenvalue weighted by molar-refractivity contribution is 5.87. The SMILES string of the molecule is C=C(C)C(=O)OC(COCC1CCC(COCC(COc2ccccc2)OC(=O)C(=C)C)CC1)COc1ccccc1. The lowest BCUT2D eigenvalue weighted by atomic mass is 9.83. The maximum atomic E-state index is 12.1. The maximum Gasteiger partial charge on any atom is 0.333 e. The van der Waals surface area contributed by atoms with Crippen molar-refractivity contribution in [3.05, 3.63) is 85.0 Å². The van der Waals surface area contributed by atoms with E-state index >= 15 is 0 Å². The molecule has 0 radical (unpaired) electrons. The third-order valence-electron chi connectivity index (χ3n) is 6.88. The summed E-state index contributed by atoms with van der Waals surface area (Å²) in [4.78, 5) is 24.2. The van der Waals surface area contributed by atoms with Gasteiger partial charge in [0.2, 0.25) is 0 Å². The molecule has 2 atom stereocenters. The summed E-state index contributed by atoms with van der Waals surface area (Å²) in [6, 6.07) is 18.8. The van der Waals surface area contributed by atoms with Gasteiger partial charge in [0.25, 0.3) is 0 Å². The Morgan fingerprint density at radius 1 is 0.643 bits per heavy atom. The zero-order valence-corrected chi connectivity index (χ0v) is 24.8. The standard InChI is InChI=1S/C34H44O8/c1-25(2)33(35)41-31(23-39-29-11-7-5-8-12-29)21-37-19-27-15-17-28(18-16-27)20-38-22-32(42-34(36)26(3)4)24-40-30-13-9-6-10-14-30/h5-14,27-28,31-32H,1,3,15-24H2,2,4H3. The van der Waals surface area contributed by atoms with Crippen molar-refractivity contribution in [1.29, 1.82) is 0 Å². The van der Waals surface area contributed by atoms with Crippen LogP contribution in [0, 0.1) is 11.8 Å². The first-order chi connectivity index (χ1) is 20.3. The summed E-state index contributed by atoms with van der Waals surface area (Å²) in [5.41, 5.74) is 0.675. The number of para-hydroxylation sites is 2. The van der Waals surface area contributed by atoms with E-state index in [9.17, 15) is 9.59 Å². The van der Waals surface area contributed by atoms with Gasteiger partial charge in [-0.3, -0.25) is 0 Å². The average Bonchev–Trinajstić information content (AvgIpc) is 3.00. The van der Waals surface area contributed by atoms with Gasteiger partial charge >= 0.3 is 11.9 Å². The molecule has 1 saturated carbocycles. The minimum Gasteiger partial charge on any atom is -0.490 e. The molecule has 1 aliphatic carbocycles. The summed E-state index contributed by atoms with van der Waals surface area (Å²) in [6.07, 6.45) is 3.03. The van der Waals surface area contributed by atoms with Crippen LogP contribution < -0.4 is 9.47 Å². The normalized spacial score (nSPS) is 17.9. The molecule has 0 amide bonds. The molecule has 1 fully saturated rings. The van der Waals surface area contributed by atoms with Gasteiger partial charge in [0.15, 0.2) is 12.2 Å². The van der Waals surface area contributed by atoms with Crippen LogP contribution in [0.5, 0.6) is 11.5 Å². The van der Waals surface area contributed by atoms with Gasteiger partial charge in [-0.15, -0.1) is 0 Å². The Hall–Kier alpha value is -3.62. The van der Waals surface area contributed by atoms with Gasteiger partial charge in [-0.2, -0.15) is 0 Å². The molecular weight excluding hydrogens is 536 g/mol. The Bertz CT molecular complexity index is 1020. The molecule has 3 rings (SSSR count). The lowest BCUT2D eigenvalue weighted by Crippen LogP contribution is -2.32. The molecule has 2 aromatic rings. The van der Waals surface area contributed by atoms with E-state index in [-0.39, 0.29) is 26.4 Å². The van der Waals surface area contributed by atoms with Crippen molar-refractivity contribution >= 4 is 11.9 Å². The van der Waals surface area contributed by atoms with E-state index in [1.807, 2.05) is 60.7 Å². The van der Waals surface area contributed by atoms with Crippen molar-refractivity contribution < 1.29 is 38.0 Å². The lowest BCUT2D eigenvalue weighted by Gasteiger charge is -2.29. The molecule has 8 nitrogen and oxygen atoms in total. The molecule has 0 aliphatic heterocycles. The lowest BCUT2D eigenvalue weighted by molar-refractivity contribution is -0.150. The molecule has 0 spiro atoms. The Morgan fingerprint density at radius 2 is 1.00 bits per heavy atom. The number of rotatable bonds is 18. The number of hydrogen-bond acceptors (Lipinski definition) is 8. The van der Waals surface area contributed by atoms with Gasteiger partial charge in [0.05, 0.1) is 13.2 Å². The van der Waals surface area contributed by atoms with Crippen molar-refractivity contribution in [2.75, 3.05) is 39.6 Å². The number of ether oxygens (including phenoxy) is 6. The largest absolute Gasteiger partial charge is 0.490 e. The molecule has 0 aromatic heterocycles. The van der Waals surface area contributed by atoms with E-state index in [2.05, 4.69) is 13.2 Å².